The van der Waals surface area contributed by atoms with Crippen LogP contribution < -0.4 is 5.46 Å². The van der Waals surface area contributed by atoms with Crippen LogP contribution in [0.5, 0.6) is 0 Å². The predicted molar refractivity (Wildman–Crippen MR) is 49.4 cm³/mol. The van der Waals surface area contributed by atoms with Gasteiger partial charge in [-0.1, -0.05) is 6.07 Å². The number of rotatable bonds is 1. The van der Waals surface area contributed by atoms with Gasteiger partial charge in [0.25, 0.3) is 0 Å². The van der Waals surface area contributed by atoms with E-state index >= 15 is 0 Å². The smallest absolute Gasteiger partial charge is 0.423 e. The number of pyridine rings is 2. The summed E-state index contributed by atoms with van der Waals surface area (Å²) in [7, 11) is -1.48. The van der Waals surface area contributed by atoms with Crippen molar-refractivity contribution in [3.63, 3.8) is 0 Å². The maximum absolute atomic E-state index is 9.02. The maximum Gasteiger partial charge on any atom is 0.489 e. The fourth-order valence-corrected chi connectivity index (χ4v) is 1.23. The quantitative estimate of drug-likeness (QED) is 0.561. The first-order valence-electron chi connectivity index (χ1n) is 3.85. The van der Waals surface area contributed by atoms with E-state index in [1.54, 1.807) is 24.4 Å². The Morgan fingerprint density at radius 3 is 2.62 bits per heavy atom. The lowest BCUT2D eigenvalue weighted by Crippen LogP contribution is -2.30. The molecule has 0 saturated carbocycles. The molecule has 0 aliphatic carbocycles. The Hall–Kier alpha value is -1.46. The van der Waals surface area contributed by atoms with Crippen molar-refractivity contribution < 1.29 is 10.0 Å². The second kappa shape index (κ2) is 3.12. The van der Waals surface area contributed by atoms with Crippen molar-refractivity contribution in [1.29, 1.82) is 0 Å². The van der Waals surface area contributed by atoms with Crippen LogP contribution in [0.3, 0.4) is 0 Å². The number of hydrogen-bond donors (Lipinski definition) is 2. The first-order chi connectivity index (χ1) is 6.29. The van der Waals surface area contributed by atoms with Gasteiger partial charge < -0.3 is 10.0 Å². The van der Waals surface area contributed by atoms with Gasteiger partial charge in [0, 0.05) is 17.8 Å². The van der Waals surface area contributed by atoms with E-state index in [0.717, 1.165) is 0 Å². The molecule has 5 heteroatoms. The minimum atomic E-state index is -1.48. The zero-order valence-electron chi connectivity index (χ0n) is 6.75. The van der Waals surface area contributed by atoms with Gasteiger partial charge in [0.05, 0.1) is 0 Å². The van der Waals surface area contributed by atoms with Gasteiger partial charge in [-0.25, -0.2) is 9.97 Å². The first-order valence-corrected chi connectivity index (χ1v) is 3.85. The van der Waals surface area contributed by atoms with Crippen LogP contribution in [0, 0.1) is 0 Å². The van der Waals surface area contributed by atoms with Gasteiger partial charge in [-0.3, -0.25) is 0 Å². The van der Waals surface area contributed by atoms with E-state index in [4.69, 9.17) is 10.0 Å². The Labute approximate surface area is 75.0 Å². The molecule has 2 heterocycles. The van der Waals surface area contributed by atoms with Gasteiger partial charge in [0.15, 0.2) is 5.65 Å². The van der Waals surface area contributed by atoms with E-state index < -0.39 is 7.12 Å². The van der Waals surface area contributed by atoms with E-state index in [-0.39, 0.29) is 0 Å². The average Bonchev–Trinajstić information content (AvgIpc) is 2.17. The van der Waals surface area contributed by atoms with Gasteiger partial charge >= 0.3 is 7.12 Å². The molecular weight excluding hydrogens is 167 g/mol. The van der Waals surface area contributed by atoms with Gasteiger partial charge in [0.2, 0.25) is 0 Å². The van der Waals surface area contributed by atoms with Crippen LogP contribution in [0.1, 0.15) is 0 Å². The molecule has 4 nitrogen and oxygen atoms in total. The summed E-state index contributed by atoms with van der Waals surface area (Å²) in [6.45, 7) is 0. The number of fused-ring (bicyclic) bond motifs is 1. The summed E-state index contributed by atoms with van der Waals surface area (Å²) < 4.78 is 0. The summed E-state index contributed by atoms with van der Waals surface area (Å²) in [6, 6.07) is 5.05. The van der Waals surface area contributed by atoms with Crippen LogP contribution in [0.15, 0.2) is 30.6 Å². The molecule has 0 aromatic carbocycles. The van der Waals surface area contributed by atoms with Crippen molar-refractivity contribution in [3.8, 4) is 0 Å². The third-order valence-electron chi connectivity index (χ3n) is 1.83. The van der Waals surface area contributed by atoms with E-state index in [9.17, 15) is 0 Å². The summed E-state index contributed by atoms with van der Waals surface area (Å²) >= 11 is 0. The van der Waals surface area contributed by atoms with Gasteiger partial charge in [-0.2, -0.15) is 0 Å². The summed E-state index contributed by atoms with van der Waals surface area (Å²) in [4.78, 5) is 7.98. The lowest BCUT2D eigenvalue weighted by Gasteiger charge is -2.02. The highest BCUT2D eigenvalue weighted by molar-refractivity contribution is 6.61. The second-order valence-electron chi connectivity index (χ2n) is 2.65. The summed E-state index contributed by atoms with van der Waals surface area (Å²) in [6.07, 6.45) is 3.12. The molecule has 0 bridgehead atoms. The predicted octanol–water partition coefficient (Wildman–Crippen LogP) is -0.690. The minimum Gasteiger partial charge on any atom is -0.423 e. The molecule has 0 fully saturated rings. The molecule has 2 N–H and O–H groups in total. The van der Waals surface area contributed by atoms with Crippen molar-refractivity contribution in [1.82, 2.24) is 9.97 Å². The van der Waals surface area contributed by atoms with Crippen LogP contribution in [0.2, 0.25) is 0 Å². The van der Waals surface area contributed by atoms with Crippen LogP contribution in [0.4, 0.5) is 0 Å². The molecule has 0 radical (unpaired) electrons. The third-order valence-corrected chi connectivity index (χ3v) is 1.83. The summed E-state index contributed by atoms with van der Waals surface area (Å²) in [5.41, 5.74) is 0.950. The fourth-order valence-electron chi connectivity index (χ4n) is 1.23. The molecule has 2 rings (SSSR count). The molecule has 0 spiro atoms. The molecular formula is C8H7BN2O2. The second-order valence-corrected chi connectivity index (χ2v) is 2.65. The van der Waals surface area contributed by atoms with E-state index in [1.807, 2.05) is 0 Å². The van der Waals surface area contributed by atoms with Crippen LogP contribution in [0.25, 0.3) is 11.0 Å². The molecule has 0 aliphatic rings. The number of aromatic nitrogens is 2. The summed E-state index contributed by atoms with van der Waals surface area (Å²) in [5, 5.41) is 18.7. The Bertz CT molecular complexity index is 428. The maximum atomic E-state index is 9.02. The molecule has 64 valence electrons. The molecule has 2 aromatic rings. The normalized spacial score (nSPS) is 10.3. The topological polar surface area (TPSA) is 66.2 Å². The van der Waals surface area contributed by atoms with Crippen molar-refractivity contribution in [2.24, 2.45) is 0 Å². The van der Waals surface area contributed by atoms with Crippen molar-refractivity contribution in [2.45, 2.75) is 0 Å². The number of hydrogen-bond acceptors (Lipinski definition) is 4. The van der Waals surface area contributed by atoms with Crippen LogP contribution in [-0.4, -0.2) is 27.1 Å². The zero-order chi connectivity index (χ0) is 9.26. The highest BCUT2D eigenvalue weighted by Crippen LogP contribution is 2.04. The molecule has 13 heavy (non-hydrogen) atoms. The lowest BCUT2D eigenvalue weighted by molar-refractivity contribution is 0.426. The van der Waals surface area contributed by atoms with Crippen LogP contribution in [-0.2, 0) is 0 Å². The SMILES string of the molecule is OB(O)c1ccnc2ncccc12. The Kier molecular flexibility index (Phi) is 1.96. The molecule has 0 aliphatic heterocycles. The Balaban J connectivity index is 2.76. The first kappa shape index (κ1) is 8.16. The molecule has 2 aromatic heterocycles. The van der Waals surface area contributed by atoms with Gasteiger partial charge in [-0.05, 0) is 17.6 Å². The number of nitrogens with zero attached hydrogens (tertiary/aromatic N) is 2. The lowest BCUT2D eigenvalue weighted by atomic mass is 9.79. The zero-order valence-corrected chi connectivity index (χ0v) is 6.75. The van der Waals surface area contributed by atoms with Crippen molar-refractivity contribution in [2.75, 3.05) is 0 Å². The monoisotopic (exact) mass is 174 g/mol. The molecule has 0 amide bonds. The standard InChI is InChI=1S/C8H7BN2O2/c12-9(13)7-3-5-11-8-6(7)2-1-4-10-8/h1-5,12-13H. The van der Waals surface area contributed by atoms with E-state index in [2.05, 4.69) is 9.97 Å². The Morgan fingerprint density at radius 2 is 1.85 bits per heavy atom. The molecule has 0 atom stereocenters. The minimum absolute atomic E-state index is 0.429. The largest absolute Gasteiger partial charge is 0.489 e. The highest BCUT2D eigenvalue weighted by Gasteiger charge is 2.14. The van der Waals surface area contributed by atoms with E-state index in [1.165, 1.54) is 6.20 Å². The van der Waals surface area contributed by atoms with Crippen LogP contribution >= 0.6 is 0 Å². The fraction of sp³-hybridized carbons (Fsp3) is 0. The van der Waals surface area contributed by atoms with Gasteiger partial charge in [-0.15, -0.1) is 0 Å². The molecule has 0 unspecified atom stereocenters. The highest BCUT2D eigenvalue weighted by atomic mass is 16.4. The Morgan fingerprint density at radius 1 is 1.08 bits per heavy atom. The molecule has 0 saturated heterocycles. The van der Waals surface area contributed by atoms with Gasteiger partial charge in [0.1, 0.15) is 0 Å². The summed E-state index contributed by atoms with van der Waals surface area (Å²) in [5.74, 6) is 0. The van der Waals surface area contributed by atoms with Crippen molar-refractivity contribution in [3.05, 3.63) is 30.6 Å². The third kappa shape index (κ3) is 1.39. The van der Waals surface area contributed by atoms with Crippen molar-refractivity contribution >= 4 is 23.6 Å². The van der Waals surface area contributed by atoms with E-state index in [0.29, 0.717) is 16.5 Å². The average molecular weight is 174 g/mol.